The molecule has 4 N–H and O–H groups in total. The van der Waals surface area contributed by atoms with Crippen LogP contribution in [0.4, 0.5) is 0 Å². The molecule has 0 rings (SSSR count). The maximum Gasteiger partial charge on any atom is 0.330 e. The fourth-order valence-corrected chi connectivity index (χ4v) is 0.337. The first-order valence-electron chi connectivity index (χ1n) is 5.86. The van der Waals surface area contributed by atoms with Crippen molar-refractivity contribution in [2.75, 3.05) is 19.8 Å². The van der Waals surface area contributed by atoms with Gasteiger partial charge in [-0.25, -0.2) is 9.59 Å². The summed E-state index contributed by atoms with van der Waals surface area (Å²) in [5, 5.41) is 32.8. The molecule has 0 bridgehead atoms. The Morgan fingerprint density at radius 1 is 1.14 bits per heavy atom. The van der Waals surface area contributed by atoms with E-state index in [4.69, 9.17) is 25.2 Å². The van der Waals surface area contributed by atoms with Crippen LogP contribution in [0.5, 0.6) is 0 Å². The second kappa shape index (κ2) is 16.1. The molecular formula is C14H24O7. The van der Waals surface area contributed by atoms with Crippen LogP contribution in [-0.4, -0.2) is 58.3 Å². The highest BCUT2D eigenvalue weighted by atomic mass is 16.5. The van der Waals surface area contributed by atoms with Gasteiger partial charge in [-0.2, -0.15) is 0 Å². The summed E-state index contributed by atoms with van der Waals surface area (Å²) in [6, 6.07) is 0. The normalized spacial score (nSPS) is 9.90. The summed E-state index contributed by atoms with van der Waals surface area (Å²) >= 11 is 0. The number of carboxylic acids is 2. The van der Waals surface area contributed by atoms with Gasteiger partial charge >= 0.3 is 11.9 Å². The van der Waals surface area contributed by atoms with Crippen molar-refractivity contribution in [3.05, 3.63) is 37.0 Å². The lowest BCUT2D eigenvalue weighted by atomic mass is 10.4. The summed E-state index contributed by atoms with van der Waals surface area (Å²) in [5.41, 5.74) is 0.352. The van der Waals surface area contributed by atoms with Crippen LogP contribution in [0.2, 0.25) is 0 Å². The minimum absolute atomic E-state index is 0.0101. The van der Waals surface area contributed by atoms with Crippen LogP contribution in [0.1, 0.15) is 13.8 Å². The molecule has 0 aliphatic rings. The van der Waals surface area contributed by atoms with E-state index in [1.165, 1.54) is 19.9 Å². The minimum Gasteiger partial charge on any atom is -0.478 e. The Hall–Kier alpha value is -1.96. The van der Waals surface area contributed by atoms with Crippen molar-refractivity contribution in [2.24, 2.45) is 0 Å². The van der Waals surface area contributed by atoms with Gasteiger partial charge in [-0.15, -0.1) is 6.58 Å². The molecular weight excluding hydrogens is 280 g/mol. The van der Waals surface area contributed by atoms with Crippen LogP contribution >= 0.6 is 0 Å². The van der Waals surface area contributed by atoms with E-state index in [1.807, 2.05) is 0 Å². The predicted molar refractivity (Wildman–Crippen MR) is 79.0 cm³/mol. The molecule has 0 amide bonds. The van der Waals surface area contributed by atoms with E-state index < -0.39 is 18.0 Å². The van der Waals surface area contributed by atoms with Crippen LogP contribution in [0.15, 0.2) is 37.0 Å². The molecule has 0 aromatic heterocycles. The minimum atomic E-state index is -0.935. The van der Waals surface area contributed by atoms with Gasteiger partial charge in [0.05, 0.1) is 25.9 Å². The van der Waals surface area contributed by atoms with Crippen molar-refractivity contribution < 1.29 is 34.8 Å². The van der Waals surface area contributed by atoms with Crippen LogP contribution in [-0.2, 0) is 14.3 Å². The lowest BCUT2D eigenvalue weighted by molar-refractivity contribution is -0.133. The molecule has 0 saturated heterocycles. The number of carbonyl (C=O) groups is 2. The summed E-state index contributed by atoms with van der Waals surface area (Å²) < 4.78 is 4.76. The summed E-state index contributed by atoms with van der Waals surface area (Å²) in [6.45, 7) is 13.0. The fraction of sp³-hybridized carbons (Fsp3) is 0.429. The van der Waals surface area contributed by atoms with E-state index in [9.17, 15) is 9.59 Å². The Bertz CT molecular complexity index is 299. The molecule has 7 nitrogen and oxygen atoms in total. The van der Waals surface area contributed by atoms with Crippen molar-refractivity contribution in [2.45, 2.75) is 20.0 Å². The topological polar surface area (TPSA) is 124 Å². The molecule has 0 fully saturated rings. The summed E-state index contributed by atoms with van der Waals surface area (Å²) in [4.78, 5) is 19.2. The number of ether oxygens (including phenoxy) is 1. The zero-order valence-corrected chi connectivity index (χ0v) is 12.4. The van der Waals surface area contributed by atoms with E-state index in [0.717, 1.165) is 0 Å². The molecule has 0 aliphatic heterocycles. The average molecular weight is 304 g/mol. The predicted octanol–water partition coefficient (Wildman–Crippen LogP) is 0.836. The van der Waals surface area contributed by atoms with E-state index in [2.05, 4.69) is 19.7 Å². The second-order valence-corrected chi connectivity index (χ2v) is 3.77. The number of aliphatic hydroxyl groups excluding tert-OH is 2. The molecule has 7 heteroatoms. The number of rotatable bonds is 7. The largest absolute Gasteiger partial charge is 0.478 e. The first kappa shape index (κ1) is 24.1. The Labute approximate surface area is 124 Å². The standard InChI is InChI=1S/C6H12O3.2C4H6O2/c1-2-6(8)5-9-4-3-7;2*1-3(2)4(5)6/h2,6-8H,1,3-5H2;2*1H2,2H3,(H,5,6). The molecule has 0 aromatic rings. The molecule has 0 aliphatic carbocycles. The zero-order chi connectivity index (χ0) is 17.4. The summed E-state index contributed by atoms with van der Waals surface area (Å²) in [5.74, 6) is -1.87. The van der Waals surface area contributed by atoms with Crippen LogP contribution in [0.25, 0.3) is 0 Å². The monoisotopic (exact) mass is 304 g/mol. The van der Waals surface area contributed by atoms with Crippen molar-refractivity contribution in [3.63, 3.8) is 0 Å². The first-order chi connectivity index (χ1) is 9.59. The zero-order valence-electron chi connectivity index (χ0n) is 12.4. The smallest absolute Gasteiger partial charge is 0.330 e. The van der Waals surface area contributed by atoms with Gasteiger partial charge in [0.2, 0.25) is 0 Å². The molecule has 1 atom stereocenters. The molecule has 0 saturated carbocycles. The van der Waals surface area contributed by atoms with Gasteiger partial charge in [-0.1, -0.05) is 19.2 Å². The maximum absolute atomic E-state index is 9.60. The third-order valence-electron chi connectivity index (χ3n) is 1.53. The molecule has 1 unspecified atom stereocenters. The van der Waals surface area contributed by atoms with Gasteiger partial charge in [-0.05, 0) is 13.8 Å². The van der Waals surface area contributed by atoms with Crippen LogP contribution < -0.4 is 0 Å². The van der Waals surface area contributed by atoms with Gasteiger partial charge in [0.25, 0.3) is 0 Å². The van der Waals surface area contributed by atoms with Crippen molar-refractivity contribution in [3.8, 4) is 0 Å². The number of hydrogen-bond acceptors (Lipinski definition) is 5. The van der Waals surface area contributed by atoms with Gasteiger partial charge in [0, 0.05) is 11.1 Å². The molecule has 0 spiro atoms. The van der Waals surface area contributed by atoms with E-state index in [1.54, 1.807) is 0 Å². The molecule has 21 heavy (non-hydrogen) atoms. The third kappa shape index (κ3) is 27.3. The highest BCUT2D eigenvalue weighted by Gasteiger charge is 1.95. The van der Waals surface area contributed by atoms with Crippen LogP contribution in [0, 0.1) is 0 Å². The quantitative estimate of drug-likeness (QED) is 0.312. The highest BCUT2D eigenvalue weighted by molar-refractivity contribution is 5.85. The van der Waals surface area contributed by atoms with Crippen LogP contribution in [0.3, 0.4) is 0 Å². The van der Waals surface area contributed by atoms with E-state index in [-0.39, 0.29) is 31.0 Å². The average Bonchev–Trinajstić information content (AvgIpc) is 2.39. The third-order valence-corrected chi connectivity index (χ3v) is 1.53. The van der Waals surface area contributed by atoms with Gasteiger partial charge in [0.1, 0.15) is 0 Å². The molecule has 122 valence electrons. The molecule has 0 aromatic carbocycles. The summed E-state index contributed by atoms with van der Waals surface area (Å²) in [7, 11) is 0. The lowest BCUT2D eigenvalue weighted by Crippen LogP contribution is -2.13. The molecule has 0 radical (unpaired) electrons. The van der Waals surface area contributed by atoms with E-state index in [0.29, 0.717) is 0 Å². The molecule has 0 heterocycles. The summed E-state index contributed by atoms with van der Waals surface area (Å²) in [6.07, 6.45) is 0.772. The van der Waals surface area contributed by atoms with Crippen molar-refractivity contribution >= 4 is 11.9 Å². The van der Waals surface area contributed by atoms with Gasteiger partial charge in [-0.3, -0.25) is 0 Å². The Morgan fingerprint density at radius 2 is 1.48 bits per heavy atom. The van der Waals surface area contributed by atoms with Crippen molar-refractivity contribution in [1.29, 1.82) is 0 Å². The lowest BCUT2D eigenvalue weighted by Gasteiger charge is -2.03. The number of hydrogen-bond donors (Lipinski definition) is 4. The van der Waals surface area contributed by atoms with Gasteiger partial charge in [0.15, 0.2) is 0 Å². The second-order valence-electron chi connectivity index (χ2n) is 3.77. The Morgan fingerprint density at radius 3 is 1.67 bits per heavy atom. The Balaban J connectivity index is -0.000000240. The first-order valence-corrected chi connectivity index (χ1v) is 5.86. The number of carboxylic acid groups (broad SMARTS) is 2. The van der Waals surface area contributed by atoms with Crippen molar-refractivity contribution in [1.82, 2.24) is 0 Å². The maximum atomic E-state index is 9.60. The number of aliphatic hydroxyl groups is 2. The fourth-order valence-electron chi connectivity index (χ4n) is 0.337. The van der Waals surface area contributed by atoms with E-state index >= 15 is 0 Å². The Kier molecular flexibility index (Phi) is 18.5. The van der Waals surface area contributed by atoms with Gasteiger partial charge < -0.3 is 25.2 Å². The number of aliphatic carboxylic acids is 2. The SMILES string of the molecule is C=C(C)C(=O)O.C=C(C)C(=O)O.C=CC(O)COCCO. The highest BCUT2D eigenvalue weighted by Crippen LogP contribution is 1.84.